The first-order valence-corrected chi connectivity index (χ1v) is 6.03. The Bertz CT molecular complexity index is 553. The van der Waals surface area contributed by atoms with Gasteiger partial charge in [-0.25, -0.2) is 4.39 Å². The van der Waals surface area contributed by atoms with Crippen LogP contribution in [0.15, 0.2) is 27.2 Å². The maximum absolute atomic E-state index is 13.2. The van der Waals surface area contributed by atoms with Crippen LogP contribution in [-0.4, -0.2) is 23.2 Å². The van der Waals surface area contributed by atoms with Gasteiger partial charge in [0.15, 0.2) is 0 Å². The summed E-state index contributed by atoms with van der Waals surface area (Å²) in [6, 6.07) is 4.40. The van der Waals surface area contributed by atoms with Crippen LogP contribution in [0, 0.1) is 5.82 Å². The summed E-state index contributed by atoms with van der Waals surface area (Å²) >= 11 is 3.34. The summed E-state index contributed by atoms with van der Waals surface area (Å²) in [7, 11) is 0. The van der Waals surface area contributed by atoms with Crippen LogP contribution in [0.4, 0.5) is 4.39 Å². The van der Waals surface area contributed by atoms with E-state index >= 15 is 0 Å². The maximum atomic E-state index is 13.2. The lowest BCUT2D eigenvalue weighted by Gasteiger charge is -2.22. The van der Waals surface area contributed by atoms with Crippen LogP contribution in [0.1, 0.15) is 11.8 Å². The van der Waals surface area contributed by atoms with E-state index in [2.05, 4.69) is 31.4 Å². The molecule has 0 unspecified atom stereocenters. The van der Waals surface area contributed by atoms with Gasteiger partial charge in [-0.2, -0.15) is 4.98 Å². The van der Waals surface area contributed by atoms with Crippen molar-refractivity contribution < 1.29 is 8.91 Å². The van der Waals surface area contributed by atoms with E-state index in [1.165, 1.54) is 12.1 Å². The van der Waals surface area contributed by atoms with E-state index in [1.54, 1.807) is 6.07 Å². The number of nitrogens with one attached hydrogen (secondary N) is 1. The van der Waals surface area contributed by atoms with Crippen LogP contribution in [-0.2, 0) is 0 Å². The van der Waals surface area contributed by atoms with Gasteiger partial charge >= 0.3 is 0 Å². The molecule has 1 aromatic heterocycles. The molecule has 88 valence electrons. The van der Waals surface area contributed by atoms with Gasteiger partial charge < -0.3 is 9.84 Å². The molecule has 1 N–H and O–H groups in total. The van der Waals surface area contributed by atoms with Gasteiger partial charge in [0, 0.05) is 23.1 Å². The Morgan fingerprint density at radius 3 is 2.94 bits per heavy atom. The zero-order valence-electron chi connectivity index (χ0n) is 8.78. The molecule has 2 aromatic rings. The predicted molar refractivity (Wildman–Crippen MR) is 63.0 cm³/mol. The molecule has 0 atom stereocenters. The summed E-state index contributed by atoms with van der Waals surface area (Å²) in [5.74, 6) is 0.983. The van der Waals surface area contributed by atoms with Gasteiger partial charge in [0.2, 0.25) is 11.7 Å². The summed E-state index contributed by atoms with van der Waals surface area (Å²) in [6.07, 6.45) is 0. The molecular weight excluding hydrogens is 289 g/mol. The van der Waals surface area contributed by atoms with Gasteiger partial charge in [0.25, 0.3) is 0 Å². The minimum Gasteiger partial charge on any atom is -0.339 e. The second-order valence-electron chi connectivity index (χ2n) is 3.94. The minimum atomic E-state index is -0.320. The van der Waals surface area contributed by atoms with Crippen molar-refractivity contribution in [1.82, 2.24) is 15.5 Å². The van der Waals surface area contributed by atoms with Crippen molar-refractivity contribution >= 4 is 15.9 Å². The van der Waals surface area contributed by atoms with Crippen molar-refractivity contribution in [2.24, 2.45) is 0 Å². The molecule has 0 spiro atoms. The average molecular weight is 298 g/mol. The van der Waals surface area contributed by atoms with E-state index in [4.69, 9.17) is 4.52 Å². The summed E-state index contributed by atoms with van der Waals surface area (Å²) in [6.45, 7) is 1.71. The Kier molecular flexibility index (Phi) is 2.68. The number of hydrogen-bond donors (Lipinski definition) is 1. The Morgan fingerprint density at radius 1 is 1.41 bits per heavy atom. The van der Waals surface area contributed by atoms with Crippen LogP contribution in [0.5, 0.6) is 0 Å². The SMILES string of the molecule is Fc1ccc(Br)c(-c2noc(C3CNC3)n2)c1. The molecule has 1 saturated heterocycles. The summed E-state index contributed by atoms with van der Waals surface area (Å²) in [5, 5.41) is 7.01. The first kappa shape index (κ1) is 10.9. The average Bonchev–Trinajstić information content (AvgIpc) is 2.68. The highest BCUT2D eigenvalue weighted by atomic mass is 79.9. The molecule has 6 heteroatoms. The molecular formula is C11H9BrFN3O. The lowest BCUT2D eigenvalue weighted by Crippen LogP contribution is -2.40. The Hall–Kier alpha value is -1.27. The number of rotatable bonds is 2. The first-order chi connectivity index (χ1) is 8.24. The fourth-order valence-electron chi connectivity index (χ4n) is 1.64. The third-order valence-electron chi connectivity index (χ3n) is 2.74. The van der Waals surface area contributed by atoms with Crippen LogP contribution in [0.25, 0.3) is 11.4 Å². The Labute approximate surface area is 105 Å². The third-order valence-corrected chi connectivity index (χ3v) is 3.43. The van der Waals surface area contributed by atoms with Crippen molar-refractivity contribution in [3.8, 4) is 11.4 Å². The quantitative estimate of drug-likeness (QED) is 0.924. The van der Waals surface area contributed by atoms with Crippen LogP contribution in [0.2, 0.25) is 0 Å². The van der Waals surface area contributed by atoms with E-state index in [1.807, 2.05) is 0 Å². The van der Waals surface area contributed by atoms with E-state index < -0.39 is 0 Å². The minimum absolute atomic E-state index is 0.281. The van der Waals surface area contributed by atoms with Gasteiger partial charge in [0.1, 0.15) is 5.82 Å². The molecule has 3 rings (SSSR count). The zero-order chi connectivity index (χ0) is 11.8. The number of aromatic nitrogens is 2. The summed E-state index contributed by atoms with van der Waals surface area (Å²) < 4.78 is 19.1. The zero-order valence-corrected chi connectivity index (χ0v) is 10.4. The molecule has 1 aromatic carbocycles. The van der Waals surface area contributed by atoms with Gasteiger partial charge in [-0.1, -0.05) is 21.1 Å². The monoisotopic (exact) mass is 297 g/mol. The topological polar surface area (TPSA) is 51.0 Å². The molecule has 0 radical (unpaired) electrons. The number of halogens is 2. The molecule has 1 fully saturated rings. The largest absolute Gasteiger partial charge is 0.339 e. The van der Waals surface area contributed by atoms with Crippen molar-refractivity contribution in [1.29, 1.82) is 0 Å². The van der Waals surface area contributed by atoms with E-state index in [9.17, 15) is 4.39 Å². The Morgan fingerprint density at radius 2 is 2.24 bits per heavy atom. The molecule has 17 heavy (non-hydrogen) atoms. The third kappa shape index (κ3) is 1.98. The summed E-state index contributed by atoms with van der Waals surface area (Å²) in [5.41, 5.74) is 0.604. The van der Waals surface area contributed by atoms with Crippen LogP contribution in [0.3, 0.4) is 0 Å². The normalized spacial score (nSPS) is 15.9. The molecule has 4 nitrogen and oxygen atoms in total. The lowest BCUT2D eigenvalue weighted by molar-refractivity contribution is 0.308. The molecule has 0 saturated carbocycles. The van der Waals surface area contributed by atoms with Gasteiger partial charge in [-0.05, 0) is 18.2 Å². The first-order valence-electron chi connectivity index (χ1n) is 5.24. The second kappa shape index (κ2) is 4.19. The molecule has 2 heterocycles. The van der Waals surface area contributed by atoms with Crippen LogP contribution < -0.4 is 5.32 Å². The molecule has 1 aliphatic heterocycles. The second-order valence-corrected chi connectivity index (χ2v) is 4.79. The molecule has 0 aliphatic carbocycles. The van der Waals surface area contributed by atoms with Gasteiger partial charge in [-0.3, -0.25) is 0 Å². The standard InChI is InChI=1S/C11H9BrFN3O/c12-9-2-1-7(13)3-8(9)10-15-11(17-16-10)6-4-14-5-6/h1-3,6,14H,4-5H2. The van der Waals surface area contributed by atoms with Crippen molar-refractivity contribution in [2.45, 2.75) is 5.92 Å². The van der Waals surface area contributed by atoms with Gasteiger partial charge in [-0.15, -0.1) is 0 Å². The van der Waals surface area contributed by atoms with E-state index in [0.29, 0.717) is 17.3 Å². The highest BCUT2D eigenvalue weighted by molar-refractivity contribution is 9.10. The highest BCUT2D eigenvalue weighted by Gasteiger charge is 2.25. The van der Waals surface area contributed by atoms with Crippen molar-refractivity contribution in [3.05, 3.63) is 34.4 Å². The number of benzene rings is 1. The van der Waals surface area contributed by atoms with E-state index in [-0.39, 0.29) is 11.7 Å². The van der Waals surface area contributed by atoms with Gasteiger partial charge in [0.05, 0.1) is 5.92 Å². The number of nitrogens with zero attached hydrogens (tertiary/aromatic N) is 2. The molecule has 1 aliphatic rings. The van der Waals surface area contributed by atoms with Crippen molar-refractivity contribution in [2.75, 3.05) is 13.1 Å². The van der Waals surface area contributed by atoms with E-state index in [0.717, 1.165) is 17.6 Å². The van der Waals surface area contributed by atoms with Crippen LogP contribution >= 0.6 is 15.9 Å². The predicted octanol–water partition coefficient (Wildman–Crippen LogP) is 2.33. The van der Waals surface area contributed by atoms with Crippen molar-refractivity contribution in [3.63, 3.8) is 0 Å². The fraction of sp³-hybridized carbons (Fsp3) is 0.273. The lowest BCUT2D eigenvalue weighted by atomic mass is 10.0. The Balaban J connectivity index is 1.97. The molecule has 0 bridgehead atoms. The summed E-state index contributed by atoms with van der Waals surface area (Å²) in [4.78, 5) is 4.29. The highest BCUT2D eigenvalue weighted by Crippen LogP contribution is 2.28. The smallest absolute Gasteiger partial charge is 0.232 e. The maximum Gasteiger partial charge on any atom is 0.232 e. The fourth-order valence-corrected chi connectivity index (χ4v) is 2.07. The molecule has 0 amide bonds. The number of hydrogen-bond acceptors (Lipinski definition) is 4.